The Hall–Kier alpha value is -1.16. The van der Waals surface area contributed by atoms with E-state index in [1.54, 1.807) is 0 Å². The average Bonchev–Trinajstić information content (AvgIpc) is 1.88. The molecule has 1 atom stereocenters. The molecule has 11 heteroatoms. The third-order valence-electron chi connectivity index (χ3n) is 0.358. The maximum Gasteiger partial charge on any atom is 1.00 e. The summed E-state index contributed by atoms with van der Waals surface area (Å²) in [5.74, 6) is -7.66. The number of rotatable bonds is 0. The fourth-order valence-corrected chi connectivity index (χ4v) is 0. The summed E-state index contributed by atoms with van der Waals surface area (Å²) in [5.41, 5.74) is 0. The molecule has 0 aliphatic rings. The first-order chi connectivity index (χ1) is 5.29. The van der Waals surface area contributed by atoms with Gasteiger partial charge in [0.15, 0.2) is 5.97 Å². The molecule has 0 aliphatic carbocycles. The Morgan fingerprint density at radius 3 is 0.933 bits per heavy atom. The molecule has 84 valence electrons. The Labute approximate surface area is 97.4 Å². The van der Waals surface area contributed by atoms with E-state index < -0.39 is 23.9 Å². The first-order valence-electron chi connectivity index (χ1n) is 2.19. The van der Waals surface area contributed by atoms with E-state index >= 15 is 0 Å². The second kappa shape index (κ2) is 15.3. The molecule has 0 fully saturated rings. The van der Waals surface area contributed by atoms with Crippen molar-refractivity contribution in [3.8, 4) is 0 Å². The molecule has 0 radical (unpaired) electrons. The molecule has 0 aliphatic heterocycles. The molecule has 0 amide bonds. The number of carboxylic acids is 4. The molecular weight excluding hydrogens is 233 g/mol. The number of hydrogen-bond acceptors (Lipinski definition) is 5. The van der Waals surface area contributed by atoms with E-state index in [9.17, 15) is 0 Å². The minimum absolute atomic E-state index is 0. The number of halogens is 1. The molecule has 0 aromatic carbocycles. The van der Waals surface area contributed by atoms with Crippen LogP contribution in [0.15, 0.2) is 0 Å². The van der Waals surface area contributed by atoms with Gasteiger partial charge in [-0.25, -0.2) is 14.4 Å². The monoisotopic (exact) mass is 240 g/mol. The molecule has 0 saturated carbocycles. The fraction of sp³-hybridized carbons (Fsp3) is 0. The summed E-state index contributed by atoms with van der Waals surface area (Å²) in [6, 6.07) is 0. The summed E-state index contributed by atoms with van der Waals surface area (Å²) in [6.07, 6.45) is 0. The van der Waals surface area contributed by atoms with Crippen molar-refractivity contribution in [1.29, 1.82) is 0 Å². The Morgan fingerprint density at radius 1 is 0.800 bits per heavy atom. The van der Waals surface area contributed by atoms with Crippen LogP contribution in [0.2, 0.25) is 0 Å². The van der Waals surface area contributed by atoms with E-state index in [0.717, 1.165) is 0 Å². The van der Waals surface area contributed by atoms with Crippen LogP contribution in [-0.4, -0.2) is 39.2 Å². The van der Waals surface area contributed by atoms with E-state index in [1.165, 1.54) is 0 Å². The number of carbonyl (C=O) groups excluding carboxylic acids is 1. The van der Waals surface area contributed by atoms with Gasteiger partial charge in [-0.2, -0.15) is 9.90 Å². The minimum Gasteiger partial charge on any atom is -0.539 e. The Bertz CT molecular complexity index is 183. The largest absolute Gasteiger partial charge is 1.00 e. The van der Waals surface area contributed by atoms with Gasteiger partial charge in [0.1, 0.15) is 0 Å². The van der Waals surface area contributed by atoms with Crippen LogP contribution in [0, 0.1) is 0 Å². The van der Waals surface area contributed by atoms with Gasteiger partial charge in [-0.05, 0) is 0 Å². The second-order valence-electron chi connectivity index (χ2n) is 1.20. The predicted octanol–water partition coefficient (Wildman–Crippen LogP) is -5.81. The SMILES string of the molecule is F.O=C(O)C(=O)O.O=C([O-])C(=O)O.P.[Li+]. The van der Waals surface area contributed by atoms with Crippen LogP contribution in [0.1, 0.15) is 0 Å². The molecule has 0 bridgehead atoms. The zero-order valence-electron chi connectivity index (χ0n) is 7.50. The van der Waals surface area contributed by atoms with E-state index in [1.807, 2.05) is 0 Å². The van der Waals surface area contributed by atoms with Crippen LogP contribution in [0.4, 0.5) is 4.70 Å². The predicted molar refractivity (Wildman–Crippen MR) is 41.5 cm³/mol. The van der Waals surface area contributed by atoms with Crippen LogP contribution in [0.5, 0.6) is 0 Å². The fourth-order valence-electron chi connectivity index (χ4n) is 0. The van der Waals surface area contributed by atoms with Crippen LogP contribution in [0.25, 0.3) is 0 Å². The van der Waals surface area contributed by atoms with E-state index in [-0.39, 0.29) is 33.5 Å². The van der Waals surface area contributed by atoms with Crippen LogP contribution >= 0.6 is 9.90 Å². The van der Waals surface area contributed by atoms with Gasteiger partial charge in [0.2, 0.25) is 0 Å². The van der Waals surface area contributed by atoms with Crippen molar-refractivity contribution in [1.82, 2.24) is 0 Å². The van der Waals surface area contributed by atoms with Crippen molar-refractivity contribution in [3.05, 3.63) is 0 Å². The van der Waals surface area contributed by atoms with Crippen molar-refractivity contribution >= 4 is 33.8 Å². The van der Waals surface area contributed by atoms with Gasteiger partial charge in [0.25, 0.3) is 0 Å². The summed E-state index contributed by atoms with van der Waals surface area (Å²) in [4.78, 5) is 36.2. The molecule has 0 heterocycles. The van der Waals surface area contributed by atoms with Gasteiger partial charge in [0.05, 0.1) is 0 Å². The van der Waals surface area contributed by atoms with Gasteiger partial charge < -0.3 is 25.2 Å². The average molecular weight is 240 g/mol. The quantitative estimate of drug-likeness (QED) is 0.215. The molecular formula is C4H7FLiO8P. The number of carboxylic acid groups (broad SMARTS) is 4. The number of hydrogen-bond donors (Lipinski definition) is 3. The van der Waals surface area contributed by atoms with Crippen LogP contribution in [-0.2, 0) is 19.2 Å². The van der Waals surface area contributed by atoms with Crippen molar-refractivity contribution in [2.24, 2.45) is 0 Å². The third-order valence-corrected chi connectivity index (χ3v) is 0.358. The summed E-state index contributed by atoms with van der Waals surface area (Å²) in [7, 11) is 0. The molecule has 15 heavy (non-hydrogen) atoms. The van der Waals surface area contributed by atoms with Gasteiger partial charge in [-0.15, -0.1) is 0 Å². The van der Waals surface area contributed by atoms with Crippen molar-refractivity contribution in [3.63, 3.8) is 0 Å². The van der Waals surface area contributed by atoms with Crippen molar-refractivity contribution < 1.29 is 63.2 Å². The van der Waals surface area contributed by atoms with Gasteiger partial charge in [-0.3, -0.25) is 4.70 Å². The van der Waals surface area contributed by atoms with Gasteiger partial charge in [0, 0.05) is 0 Å². The van der Waals surface area contributed by atoms with Crippen molar-refractivity contribution in [2.75, 3.05) is 0 Å². The van der Waals surface area contributed by atoms with Gasteiger partial charge in [-0.1, -0.05) is 0 Å². The summed E-state index contributed by atoms with van der Waals surface area (Å²) in [6.45, 7) is 0. The maximum absolute atomic E-state index is 9.10. The number of aliphatic carboxylic acids is 4. The Kier molecular flexibility index (Phi) is 29.8. The smallest absolute Gasteiger partial charge is 0.539 e. The molecule has 0 saturated heterocycles. The van der Waals surface area contributed by atoms with E-state index in [2.05, 4.69) is 0 Å². The minimum atomic E-state index is -2.07. The van der Waals surface area contributed by atoms with E-state index in [0.29, 0.717) is 0 Å². The summed E-state index contributed by atoms with van der Waals surface area (Å²) in [5, 5.41) is 31.1. The molecule has 0 rings (SSSR count). The first kappa shape index (κ1) is 29.2. The first-order valence-corrected chi connectivity index (χ1v) is 2.19. The van der Waals surface area contributed by atoms with E-state index in [4.69, 9.17) is 39.6 Å². The zero-order chi connectivity index (χ0) is 10.3. The summed E-state index contributed by atoms with van der Waals surface area (Å²) >= 11 is 0. The molecule has 0 aromatic heterocycles. The van der Waals surface area contributed by atoms with Gasteiger partial charge >= 0.3 is 36.8 Å². The molecule has 1 unspecified atom stereocenters. The zero-order valence-corrected chi connectivity index (χ0v) is 8.91. The molecule has 3 N–H and O–H groups in total. The standard InChI is InChI=1S/2C2H2O4.FH.Li.H3P/c2*3-1(4)2(5)6;;;/h2*(H,3,4)(H,5,6);1H;;1H3/q;;;+1;/p-1. The summed E-state index contributed by atoms with van der Waals surface area (Å²) < 4.78 is 0. The second-order valence-corrected chi connectivity index (χ2v) is 1.20. The normalized spacial score (nSPS) is 5.87. The topological polar surface area (TPSA) is 152 Å². The van der Waals surface area contributed by atoms with Crippen molar-refractivity contribution in [2.45, 2.75) is 0 Å². The van der Waals surface area contributed by atoms with Crippen LogP contribution in [0.3, 0.4) is 0 Å². The molecule has 0 spiro atoms. The Balaban J connectivity index is -0.0000000370. The Morgan fingerprint density at radius 2 is 0.933 bits per heavy atom. The number of carbonyl (C=O) groups is 4. The molecule has 8 nitrogen and oxygen atoms in total. The maximum atomic E-state index is 9.10. The third kappa shape index (κ3) is 32.3. The molecule has 0 aromatic rings. The van der Waals surface area contributed by atoms with Crippen LogP contribution < -0.4 is 24.0 Å².